The molecule has 16 heavy (non-hydrogen) atoms. The van der Waals surface area contributed by atoms with Gasteiger partial charge in [0.2, 0.25) is 5.95 Å². The second-order valence-electron chi connectivity index (χ2n) is 4.09. The second kappa shape index (κ2) is 4.31. The molecule has 82 valence electrons. The summed E-state index contributed by atoms with van der Waals surface area (Å²) in [6, 6.07) is 6.30. The summed E-state index contributed by atoms with van der Waals surface area (Å²) in [6.45, 7) is 6.13. The van der Waals surface area contributed by atoms with Crippen molar-refractivity contribution in [2.24, 2.45) is 0 Å². The Balaban J connectivity index is 2.23. The molecule has 0 aliphatic heterocycles. The molecule has 0 saturated carbocycles. The summed E-state index contributed by atoms with van der Waals surface area (Å²) in [4.78, 5) is 8.42. The van der Waals surface area contributed by atoms with E-state index in [2.05, 4.69) is 47.3 Å². The van der Waals surface area contributed by atoms with Gasteiger partial charge >= 0.3 is 0 Å². The van der Waals surface area contributed by atoms with Gasteiger partial charge in [-0.1, -0.05) is 6.07 Å². The van der Waals surface area contributed by atoms with Crippen molar-refractivity contribution in [2.75, 3.05) is 5.32 Å². The number of benzene rings is 1. The van der Waals surface area contributed by atoms with Crippen LogP contribution in [0, 0.1) is 20.8 Å². The Kier molecular flexibility index (Phi) is 2.86. The minimum atomic E-state index is 0.635. The highest BCUT2D eigenvalue weighted by Gasteiger charge is 1.98. The van der Waals surface area contributed by atoms with Crippen molar-refractivity contribution in [1.82, 2.24) is 9.97 Å². The number of nitrogens with zero attached hydrogens (tertiary/aromatic N) is 2. The lowest BCUT2D eigenvalue weighted by Crippen LogP contribution is -1.97. The molecule has 0 atom stereocenters. The summed E-state index contributed by atoms with van der Waals surface area (Å²) < 4.78 is 0. The number of nitrogens with one attached hydrogen (secondary N) is 1. The van der Waals surface area contributed by atoms with E-state index in [1.165, 1.54) is 11.1 Å². The molecular formula is C13H15N3. The quantitative estimate of drug-likeness (QED) is 0.832. The van der Waals surface area contributed by atoms with E-state index >= 15 is 0 Å². The van der Waals surface area contributed by atoms with Crippen molar-refractivity contribution in [2.45, 2.75) is 20.8 Å². The largest absolute Gasteiger partial charge is 0.324 e. The molecule has 0 unspecified atom stereocenters. The third-order valence-corrected chi connectivity index (χ3v) is 2.26. The van der Waals surface area contributed by atoms with Crippen LogP contribution in [0.1, 0.15) is 16.7 Å². The van der Waals surface area contributed by atoms with E-state index in [1.54, 1.807) is 12.4 Å². The topological polar surface area (TPSA) is 37.8 Å². The summed E-state index contributed by atoms with van der Waals surface area (Å²) in [6.07, 6.45) is 3.61. The van der Waals surface area contributed by atoms with Crippen LogP contribution < -0.4 is 5.32 Å². The van der Waals surface area contributed by atoms with Crippen molar-refractivity contribution < 1.29 is 0 Å². The molecule has 1 aromatic carbocycles. The van der Waals surface area contributed by atoms with E-state index in [0.29, 0.717) is 5.95 Å². The molecule has 0 bridgehead atoms. The summed E-state index contributed by atoms with van der Waals surface area (Å²) in [5, 5.41) is 3.19. The minimum Gasteiger partial charge on any atom is -0.324 e. The van der Waals surface area contributed by atoms with Gasteiger partial charge in [0.1, 0.15) is 0 Å². The third kappa shape index (κ3) is 2.57. The predicted molar refractivity (Wildman–Crippen MR) is 66.0 cm³/mol. The van der Waals surface area contributed by atoms with Gasteiger partial charge in [-0.2, -0.15) is 0 Å². The van der Waals surface area contributed by atoms with Crippen molar-refractivity contribution in [1.29, 1.82) is 0 Å². The molecule has 0 fully saturated rings. The predicted octanol–water partition coefficient (Wildman–Crippen LogP) is 3.15. The normalized spacial score (nSPS) is 10.2. The fraction of sp³-hybridized carbons (Fsp3) is 0.231. The Labute approximate surface area is 95.6 Å². The molecule has 0 radical (unpaired) electrons. The summed E-state index contributed by atoms with van der Waals surface area (Å²) in [7, 11) is 0. The molecule has 3 nitrogen and oxygen atoms in total. The van der Waals surface area contributed by atoms with Crippen LogP contribution in [-0.4, -0.2) is 9.97 Å². The Hall–Kier alpha value is -1.90. The highest BCUT2D eigenvalue weighted by Crippen LogP contribution is 2.16. The Morgan fingerprint density at radius 3 is 1.94 bits per heavy atom. The number of anilines is 2. The first-order valence-electron chi connectivity index (χ1n) is 5.27. The monoisotopic (exact) mass is 213 g/mol. The van der Waals surface area contributed by atoms with Gasteiger partial charge in [-0.25, -0.2) is 9.97 Å². The molecule has 3 heteroatoms. The molecule has 1 heterocycles. The van der Waals surface area contributed by atoms with Crippen molar-refractivity contribution in [3.8, 4) is 0 Å². The summed E-state index contributed by atoms with van der Waals surface area (Å²) >= 11 is 0. The fourth-order valence-corrected chi connectivity index (χ4v) is 1.63. The van der Waals surface area contributed by atoms with Gasteiger partial charge in [-0.3, -0.25) is 0 Å². The first-order chi connectivity index (χ1) is 7.63. The summed E-state index contributed by atoms with van der Waals surface area (Å²) in [5.74, 6) is 0.635. The number of aromatic nitrogens is 2. The van der Waals surface area contributed by atoms with E-state index < -0.39 is 0 Å². The second-order valence-corrected chi connectivity index (χ2v) is 4.09. The van der Waals surface area contributed by atoms with Gasteiger partial charge in [0.15, 0.2) is 0 Å². The van der Waals surface area contributed by atoms with Crippen LogP contribution in [-0.2, 0) is 0 Å². The van der Waals surface area contributed by atoms with Crippen LogP contribution in [0.25, 0.3) is 0 Å². The zero-order valence-electron chi connectivity index (χ0n) is 9.78. The maximum absolute atomic E-state index is 4.21. The van der Waals surface area contributed by atoms with Gasteiger partial charge in [-0.05, 0) is 49.6 Å². The Morgan fingerprint density at radius 1 is 0.812 bits per heavy atom. The van der Waals surface area contributed by atoms with E-state index in [-0.39, 0.29) is 0 Å². The number of hydrogen-bond acceptors (Lipinski definition) is 3. The Morgan fingerprint density at radius 2 is 1.38 bits per heavy atom. The molecule has 0 saturated heterocycles. The maximum Gasteiger partial charge on any atom is 0.227 e. The molecule has 1 N–H and O–H groups in total. The fourth-order valence-electron chi connectivity index (χ4n) is 1.63. The lowest BCUT2D eigenvalue weighted by molar-refractivity contribution is 1.13. The van der Waals surface area contributed by atoms with Crippen LogP contribution in [0.2, 0.25) is 0 Å². The van der Waals surface area contributed by atoms with Crippen molar-refractivity contribution >= 4 is 11.6 Å². The molecule has 1 aromatic heterocycles. The SMILES string of the molecule is Cc1cnc(Nc2cc(C)cc(C)c2)nc1. The van der Waals surface area contributed by atoms with E-state index in [0.717, 1.165) is 11.3 Å². The van der Waals surface area contributed by atoms with Crippen LogP contribution >= 0.6 is 0 Å². The number of aryl methyl sites for hydroxylation is 3. The number of hydrogen-bond donors (Lipinski definition) is 1. The molecule has 0 amide bonds. The van der Waals surface area contributed by atoms with E-state index in [9.17, 15) is 0 Å². The highest BCUT2D eigenvalue weighted by atomic mass is 15.1. The number of rotatable bonds is 2. The molecule has 0 aliphatic carbocycles. The smallest absolute Gasteiger partial charge is 0.227 e. The first-order valence-corrected chi connectivity index (χ1v) is 5.27. The molecule has 2 rings (SSSR count). The van der Waals surface area contributed by atoms with Gasteiger partial charge < -0.3 is 5.32 Å². The highest BCUT2D eigenvalue weighted by molar-refractivity contribution is 5.55. The lowest BCUT2D eigenvalue weighted by atomic mass is 10.1. The van der Waals surface area contributed by atoms with Gasteiger partial charge in [0, 0.05) is 18.1 Å². The van der Waals surface area contributed by atoms with Gasteiger partial charge in [-0.15, -0.1) is 0 Å². The van der Waals surface area contributed by atoms with Crippen molar-refractivity contribution in [3.63, 3.8) is 0 Å². The van der Waals surface area contributed by atoms with Crippen LogP contribution in [0.15, 0.2) is 30.6 Å². The lowest BCUT2D eigenvalue weighted by Gasteiger charge is -2.06. The van der Waals surface area contributed by atoms with Crippen LogP contribution in [0.5, 0.6) is 0 Å². The molecule has 0 spiro atoms. The minimum absolute atomic E-state index is 0.635. The third-order valence-electron chi connectivity index (χ3n) is 2.26. The van der Waals surface area contributed by atoms with Crippen LogP contribution in [0.3, 0.4) is 0 Å². The van der Waals surface area contributed by atoms with Crippen LogP contribution in [0.4, 0.5) is 11.6 Å². The van der Waals surface area contributed by atoms with Gasteiger partial charge in [0.05, 0.1) is 0 Å². The van der Waals surface area contributed by atoms with Gasteiger partial charge in [0.25, 0.3) is 0 Å². The van der Waals surface area contributed by atoms with E-state index in [1.807, 2.05) is 6.92 Å². The van der Waals surface area contributed by atoms with Crippen molar-refractivity contribution in [3.05, 3.63) is 47.3 Å². The molecule has 2 aromatic rings. The zero-order chi connectivity index (χ0) is 11.5. The Bertz CT molecular complexity index is 469. The maximum atomic E-state index is 4.21. The average molecular weight is 213 g/mol. The molecular weight excluding hydrogens is 198 g/mol. The molecule has 0 aliphatic rings. The van der Waals surface area contributed by atoms with E-state index in [4.69, 9.17) is 0 Å². The first kappa shape index (κ1) is 10.6. The standard InChI is InChI=1S/C13H15N3/c1-9-4-10(2)6-12(5-9)16-13-14-7-11(3)8-15-13/h4-8H,1-3H3,(H,14,15,16). The average Bonchev–Trinajstić information content (AvgIpc) is 2.20. The summed E-state index contributed by atoms with van der Waals surface area (Å²) in [5.41, 5.74) is 4.55. The zero-order valence-corrected chi connectivity index (χ0v) is 9.78.